The average Bonchev–Trinajstić information content (AvgIpc) is 2.71. The number of carboxylic acid groups (broad SMARTS) is 1. The van der Waals surface area contributed by atoms with Crippen LogP contribution in [0.25, 0.3) is 0 Å². The number of carboxylic acids is 1. The maximum atomic E-state index is 11.7. The molecule has 0 unspecified atom stereocenters. The number of nitrogens with zero attached hydrogens (tertiary/aromatic N) is 3. The van der Waals surface area contributed by atoms with Gasteiger partial charge in [0.15, 0.2) is 0 Å². The van der Waals surface area contributed by atoms with Gasteiger partial charge in [-0.1, -0.05) is 0 Å². The number of carbonyl (C=O) groups is 2. The fourth-order valence-corrected chi connectivity index (χ4v) is 4.13. The second kappa shape index (κ2) is 13.0. The zero-order valence-electron chi connectivity index (χ0n) is 17.6. The van der Waals surface area contributed by atoms with E-state index < -0.39 is 5.97 Å². The lowest BCUT2D eigenvalue weighted by atomic mass is 9.94. The maximum absolute atomic E-state index is 11.7. The summed E-state index contributed by atoms with van der Waals surface area (Å²) < 4.78 is 0. The highest BCUT2D eigenvalue weighted by Gasteiger charge is 2.20. The van der Waals surface area contributed by atoms with Gasteiger partial charge in [0.1, 0.15) is 6.54 Å². The van der Waals surface area contributed by atoms with Gasteiger partial charge in [0.25, 0.3) is 0 Å². The van der Waals surface area contributed by atoms with Gasteiger partial charge in [0.05, 0.1) is 0 Å². The van der Waals surface area contributed by atoms with Crippen LogP contribution < -0.4 is 15.1 Å². The lowest BCUT2D eigenvalue weighted by molar-refractivity contribution is -0.136. The van der Waals surface area contributed by atoms with Crippen LogP contribution in [0.5, 0.6) is 0 Å². The number of anilines is 2. The van der Waals surface area contributed by atoms with Crippen LogP contribution in [0.4, 0.5) is 11.4 Å². The normalized spacial score (nSPS) is 17.6. The van der Waals surface area contributed by atoms with Crippen molar-refractivity contribution in [3.05, 3.63) is 24.3 Å². The van der Waals surface area contributed by atoms with Crippen molar-refractivity contribution in [3.63, 3.8) is 0 Å². The minimum absolute atomic E-state index is 0. The fourth-order valence-electron chi connectivity index (χ4n) is 4.13. The topological polar surface area (TPSA) is 76.1 Å². The molecular formula is C21H34Cl2N4O3. The first kappa shape index (κ1) is 26.5. The molecule has 7 nitrogen and oxygen atoms in total. The van der Waals surface area contributed by atoms with Crippen LogP contribution in [0.3, 0.4) is 0 Å². The average molecular weight is 461 g/mol. The number of benzene rings is 1. The number of piperidine rings is 1. The highest BCUT2D eigenvalue weighted by molar-refractivity contribution is 5.96. The maximum Gasteiger partial charge on any atom is 0.323 e. The number of carbonyl (C=O) groups excluding carboxylic acids is 1. The largest absolute Gasteiger partial charge is 0.480 e. The third-order valence-corrected chi connectivity index (χ3v) is 5.88. The Morgan fingerprint density at radius 1 is 1.07 bits per heavy atom. The zero-order valence-corrected chi connectivity index (χ0v) is 19.2. The van der Waals surface area contributed by atoms with Gasteiger partial charge in [-0.25, -0.2) is 0 Å². The van der Waals surface area contributed by atoms with Gasteiger partial charge < -0.3 is 20.2 Å². The predicted molar refractivity (Wildman–Crippen MR) is 125 cm³/mol. The fraction of sp³-hybridized carbons (Fsp3) is 0.619. The van der Waals surface area contributed by atoms with E-state index >= 15 is 0 Å². The second-order valence-electron chi connectivity index (χ2n) is 7.83. The number of halogens is 2. The Labute approximate surface area is 191 Å². The predicted octanol–water partition coefficient (Wildman–Crippen LogP) is 2.48. The minimum atomic E-state index is -1.01. The molecule has 0 saturated carbocycles. The Kier molecular flexibility index (Phi) is 11.5. The van der Waals surface area contributed by atoms with Crippen LogP contribution in [0, 0.1) is 5.92 Å². The first-order valence-electron chi connectivity index (χ1n) is 10.3. The molecule has 2 fully saturated rings. The van der Waals surface area contributed by atoms with Gasteiger partial charge >= 0.3 is 5.97 Å². The summed E-state index contributed by atoms with van der Waals surface area (Å²) in [5.74, 6) is -0.403. The van der Waals surface area contributed by atoms with Crippen LogP contribution >= 0.6 is 24.8 Å². The van der Waals surface area contributed by atoms with Crippen LogP contribution in [0.2, 0.25) is 0 Å². The molecule has 0 spiro atoms. The summed E-state index contributed by atoms with van der Waals surface area (Å²) in [6.07, 6.45) is 3.93. The summed E-state index contributed by atoms with van der Waals surface area (Å²) in [5.41, 5.74) is 1.75. The van der Waals surface area contributed by atoms with E-state index in [4.69, 9.17) is 5.11 Å². The summed E-state index contributed by atoms with van der Waals surface area (Å²) in [6.45, 7) is 8.75. The van der Waals surface area contributed by atoms with Crippen molar-refractivity contribution in [1.29, 1.82) is 0 Å². The van der Waals surface area contributed by atoms with Gasteiger partial charge in [0, 0.05) is 44.5 Å². The van der Waals surface area contributed by atoms with Crippen molar-refractivity contribution in [1.82, 2.24) is 10.2 Å². The Hall–Kier alpha value is -1.54. The molecule has 3 rings (SSSR count). The Balaban J connectivity index is 0.00000225. The lowest BCUT2D eigenvalue weighted by Crippen LogP contribution is -2.47. The Bertz CT molecular complexity index is 661. The minimum Gasteiger partial charge on any atom is -0.480 e. The zero-order chi connectivity index (χ0) is 19.9. The van der Waals surface area contributed by atoms with E-state index in [2.05, 4.69) is 15.1 Å². The summed E-state index contributed by atoms with van der Waals surface area (Å²) in [7, 11) is 0. The molecule has 170 valence electrons. The highest BCUT2D eigenvalue weighted by atomic mass is 35.5. The van der Waals surface area contributed by atoms with Crippen molar-refractivity contribution in [2.45, 2.75) is 26.2 Å². The molecule has 1 aromatic rings. The number of nitrogens with one attached hydrogen (secondary N) is 1. The number of amides is 1. The van der Waals surface area contributed by atoms with E-state index in [1.807, 2.05) is 24.3 Å². The van der Waals surface area contributed by atoms with Crippen molar-refractivity contribution in [2.75, 3.05) is 62.2 Å². The molecule has 0 aromatic heterocycles. The summed E-state index contributed by atoms with van der Waals surface area (Å²) in [5, 5.41) is 12.4. The van der Waals surface area contributed by atoms with E-state index in [-0.39, 0.29) is 37.3 Å². The third kappa shape index (κ3) is 7.61. The smallest absolute Gasteiger partial charge is 0.323 e. The van der Waals surface area contributed by atoms with Gasteiger partial charge in [-0.05, 0) is 69.1 Å². The first-order chi connectivity index (χ1) is 13.5. The quantitative estimate of drug-likeness (QED) is 0.650. The first-order valence-corrected chi connectivity index (χ1v) is 10.3. The Morgan fingerprint density at radius 2 is 1.67 bits per heavy atom. The molecule has 1 aromatic carbocycles. The molecule has 2 heterocycles. The van der Waals surface area contributed by atoms with Crippen molar-refractivity contribution < 1.29 is 14.7 Å². The second-order valence-corrected chi connectivity index (χ2v) is 7.83. The summed E-state index contributed by atoms with van der Waals surface area (Å²) in [6, 6.07) is 7.64. The van der Waals surface area contributed by atoms with E-state index in [0.717, 1.165) is 37.8 Å². The third-order valence-electron chi connectivity index (χ3n) is 5.88. The molecule has 0 aliphatic carbocycles. The molecule has 0 radical (unpaired) electrons. The lowest BCUT2D eigenvalue weighted by Gasteiger charge is -2.37. The van der Waals surface area contributed by atoms with E-state index in [9.17, 15) is 9.59 Å². The summed E-state index contributed by atoms with van der Waals surface area (Å²) in [4.78, 5) is 28.9. The van der Waals surface area contributed by atoms with Crippen LogP contribution in [-0.4, -0.2) is 74.2 Å². The molecular weight excluding hydrogens is 427 g/mol. The van der Waals surface area contributed by atoms with Gasteiger partial charge in [-0.2, -0.15) is 0 Å². The van der Waals surface area contributed by atoms with Gasteiger partial charge in [-0.15, -0.1) is 24.8 Å². The molecule has 1 amide bonds. The molecule has 2 N–H and O–H groups in total. The number of hydrogen-bond acceptors (Lipinski definition) is 5. The number of aliphatic carboxylic acids is 1. The molecule has 0 bridgehead atoms. The van der Waals surface area contributed by atoms with Crippen molar-refractivity contribution in [2.24, 2.45) is 5.92 Å². The highest BCUT2D eigenvalue weighted by Crippen LogP contribution is 2.23. The van der Waals surface area contributed by atoms with Gasteiger partial charge in [0.2, 0.25) is 5.91 Å². The van der Waals surface area contributed by atoms with E-state index in [1.54, 1.807) is 0 Å². The number of hydrogen-bond donors (Lipinski definition) is 2. The van der Waals surface area contributed by atoms with Crippen LogP contribution in [0.15, 0.2) is 24.3 Å². The van der Waals surface area contributed by atoms with Crippen LogP contribution in [-0.2, 0) is 9.59 Å². The molecule has 9 heteroatoms. The summed E-state index contributed by atoms with van der Waals surface area (Å²) >= 11 is 0. The standard InChI is InChI=1S/C21H32N4O3.2ClH/c1-17(26)25(16-21(27)28)20-4-2-19(3-5-20)24-14-12-23(13-15-24)11-8-18-6-9-22-10-7-18;;/h2-5,18,22H,6-16H2,1H3,(H,27,28);2*1H. The van der Waals surface area contributed by atoms with Crippen molar-refractivity contribution in [3.8, 4) is 0 Å². The van der Waals surface area contributed by atoms with Crippen LogP contribution in [0.1, 0.15) is 26.2 Å². The SMILES string of the molecule is CC(=O)N(CC(=O)O)c1ccc(N2CCN(CCC3CCNCC3)CC2)cc1.Cl.Cl. The van der Waals surface area contributed by atoms with Gasteiger partial charge in [-0.3, -0.25) is 14.5 Å². The molecule has 0 atom stereocenters. The molecule has 2 aliphatic heterocycles. The van der Waals surface area contributed by atoms with E-state index in [0.29, 0.717) is 5.69 Å². The number of piperazine rings is 1. The van der Waals surface area contributed by atoms with E-state index in [1.165, 1.54) is 50.7 Å². The van der Waals surface area contributed by atoms with Crippen molar-refractivity contribution >= 4 is 48.1 Å². The monoisotopic (exact) mass is 460 g/mol. The molecule has 2 saturated heterocycles. The molecule has 2 aliphatic rings. The Morgan fingerprint density at radius 3 is 2.20 bits per heavy atom. The molecule has 30 heavy (non-hydrogen) atoms. The number of rotatable bonds is 7.